The Labute approximate surface area is 218 Å². The molecule has 1 aliphatic rings. The van der Waals surface area contributed by atoms with Crippen LogP contribution in [-0.2, 0) is 0 Å². The molecule has 0 aromatic heterocycles. The van der Waals surface area contributed by atoms with Crippen LogP contribution in [0.4, 0.5) is 14.9 Å². The van der Waals surface area contributed by atoms with E-state index in [9.17, 15) is 24.5 Å². The minimum Gasteiger partial charge on any atom is -0.508 e. The Morgan fingerprint density at radius 3 is 2.30 bits per heavy atom. The molecule has 0 saturated carbocycles. The second-order valence-electron chi connectivity index (χ2n) is 9.04. The number of aromatic hydroxyl groups is 2. The molecule has 1 fully saturated rings. The van der Waals surface area contributed by atoms with Crippen LogP contribution in [0, 0.1) is 5.82 Å². The van der Waals surface area contributed by atoms with Crippen LogP contribution in [0.15, 0.2) is 97.1 Å². The van der Waals surface area contributed by atoms with E-state index in [4.69, 9.17) is 0 Å². The third-order valence-electron chi connectivity index (χ3n) is 6.62. The van der Waals surface area contributed by atoms with Crippen molar-refractivity contribution < 1.29 is 24.5 Å². The van der Waals surface area contributed by atoms with Gasteiger partial charge in [-0.25, -0.2) is 4.39 Å². The highest BCUT2D eigenvalue weighted by atomic mass is 32.2. The molecular formula is C30H26FNO4S. The summed E-state index contributed by atoms with van der Waals surface area (Å²) in [7, 11) is 0. The Hall–Kier alpha value is -3.81. The van der Waals surface area contributed by atoms with Gasteiger partial charge in [-0.2, -0.15) is 0 Å². The van der Waals surface area contributed by atoms with Gasteiger partial charge in [-0.05, 0) is 72.0 Å². The van der Waals surface area contributed by atoms with Gasteiger partial charge in [0, 0.05) is 16.5 Å². The fourth-order valence-corrected chi connectivity index (χ4v) is 6.02. The first-order valence-electron chi connectivity index (χ1n) is 12.0. The molecule has 1 aliphatic heterocycles. The van der Waals surface area contributed by atoms with Gasteiger partial charge in [-0.15, -0.1) is 0 Å². The molecule has 3 N–H and O–H groups in total. The highest BCUT2D eigenvalue weighted by Crippen LogP contribution is 2.49. The molecular weight excluding hydrogens is 489 g/mol. The first kappa shape index (κ1) is 24.9. The molecule has 188 valence electrons. The lowest BCUT2D eigenvalue weighted by Gasteiger charge is -2.29. The van der Waals surface area contributed by atoms with Gasteiger partial charge in [-0.1, -0.05) is 66.4 Å². The van der Waals surface area contributed by atoms with Crippen molar-refractivity contribution in [1.82, 2.24) is 0 Å². The number of carbonyl (C=O) groups excluding carboxylic acids is 1. The van der Waals surface area contributed by atoms with Crippen LogP contribution in [0.2, 0.25) is 0 Å². The van der Waals surface area contributed by atoms with Crippen LogP contribution in [0.3, 0.4) is 0 Å². The maximum absolute atomic E-state index is 13.3. The SMILES string of the molecule is O=C1S[C@H](CC[C@H](O)c2ccc(F)cc2)[C@@H](c2ccc(-c3cccc(O)c3)cc2O)N1c1ccccc1. The lowest BCUT2D eigenvalue weighted by Crippen LogP contribution is -2.29. The lowest BCUT2D eigenvalue weighted by atomic mass is 9.93. The lowest BCUT2D eigenvalue weighted by molar-refractivity contribution is 0.163. The Morgan fingerprint density at radius 1 is 0.865 bits per heavy atom. The molecule has 1 heterocycles. The summed E-state index contributed by atoms with van der Waals surface area (Å²) < 4.78 is 13.3. The Balaban J connectivity index is 1.46. The monoisotopic (exact) mass is 515 g/mol. The number of hydrogen-bond acceptors (Lipinski definition) is 5. The van der Waals surface area contributed by atoms with Crippen LogP contribution in [0.1, 0.15) is 36.1 Å². The van der Waals surface area contributed by atoms with Crippen molar-refractivity contribution in [3.05, 3.63) is 114 Å². The first-order chi connectivity index (χ1) is 17.9. The molecule has 0 bridgehead atoms. The molecule has 1 amide bonds. The van der Waals surface area contributed by atoms with Gasteiger partial charge in [0.25, 0.3) is 5.24 Å². The number of hydrogen-bond donors (Lipinski definition) is 3. The molecule has 3 atom stereocenters. The molecule has 37 heavy (non-hydrogen) atoms. The van der Waals surface area contributed by atoms with E-state index in [1.807, 2.05) is 48.5 Å². The molecule has 5 rings (SSSR count). The van der Waals surface area contributed by atoms with Gasteiger partial charge in [0.2, 0.25) is 0 Å². The summed E-state index contributed by atoms with van der Waals surface area (Å²) in [5.74, 6) is -0.184. The maximum Gasteiger partial charge on any atom is 0.287 e. The van der Waals surface area contributed by atoms with Gasteiger partial charge < -0.3 is 15.3 Å². The average Bonchev–Trinajstić information content (AvgIpc) is 3.23. The summed E-state index contributed by atoms with van der Waals surface area (Å²) >= 11 is 1.19. The van der Waals surface area contributed by atoms with Gasteiger partial charge >= 0.3 is 0 Å². The molecule has 0 unspecified atom stereocenters. The largest absolute Gasteiger partial charge is 0.508 e. The van der Waals surface area contributed by atoms with Crippen LogP contribution in [0.25, 0.3) is 11.1 Å². The third kappa shape index (κ3) is 5.33. The number of para-hydroxylation sites is 1. The third-order valence-corrected chi connectivity index (χ3v) is 7.82. The zero-order valence-electron chi connectivity index (χ0n) is 19.9. The molecule has 0 aliphatic carbocycles. The van der Waals surface area contributed by atoms with Crippen molar-refractivity contribution in [3.8, 4) is 22.6 Å². The van der Waals surface area contributed by atoms with Gasteiger partial charge in [-0.3, -0.25) is 9.69 Å². The number of rotatable bonds is 7. The van der Waals surface area contributed by atoms with Crippen molar-refractivity contribution in [3.63, 3.8) is 0 Å². The number of aliphatic hydroxyl groups excluding tert-OH is 1. The average molecular weight is 516 g/mol. The van der Waals surface area contributed by atoms with Crippen molar-refractivity contribution >= 4 is 22.7 Å². The molecule has 1 saturated heterocycles. The second-order valence-corrected chi connectivity index (χ2v) is 10.2. The number of nitrogens with zero attached hydrogens (tertiary/aromatic N) is 1. The van der Waals surface area contributed by atoms with Crippen molar-refractivity contribution in [2.45, 2.75) is 30.2 Å². The molecule has 5 nitrogen and oxygen atoms in total. The smallest absolute Gasteiger partial charge is 0.287 e. The van der Waals surface area contributed by atoms with E-state index in [-0.39, 0.29) is 27.8 Å². The molecule has 0 radical (unpaired) electrons. The topological polar surface area (TPSA) is 81.0 Å². The maximum atomic E-state index is 13.3. The summed E-state index contributed by atoms with van der Waals surface area (Å²) in [6, 6.07) is 26.7. The van der Waals surface area contributed by atoms with Crippen LogP contribution in [0.5, 0.6) is 11.5 Å². The van der Waals surface area contributed by atoms with Crippen LogP contribution >= 0.6 is 11.8 Å². The normalized spacial score (nSPS) is 18.2. The van der Waals surface area contributed by atoms with E-state index in [0.29, 0.717) is 24.0 Å². The van der Waals surface area contributed by atoms with Crippen LogP contribution in [-0.4, -0.2) is 25.8 Å². The Kier molecular flexibility index (Phi) is 7.17. The van der Waals surface area contributed by atoms with E-state index in [1.54, 1.807) is 41.3 Å². The van der Waals surface area contributed by atoms with E-state index in [0.717, 1.165) is 16.8 Å². The Bertz CT molecular complexity index is 1400. The summed E-state index contributed by atoms with van der Waals surface area (Å²) in [5.41, 5.74) is 3.45. The van der Waals surface area contributed by atoms with E-state index < -0.39 is 12.1 Å². The van der Waals surface area contributed by atoms with E-state index >= 15 is 0 Å². The standard InChI is InChI=1S/C30H26FNO4S/c31-22-12-9-19(10-13-22)26(34)15-16-28-29(32(30(36)37-28)23-6-2-1-3-7-23)25-14-11-21(18-27(25)35)20-5-4-8-24(33)17-20/h1-14,17-18,26,28-29,33-35H,15-16H2/t26-,28+,29+/m0/s1. The number of phenolic OH excluding ortho intramolecular Hbond substituents is 2. The number of anilines is 1. The van der Waals surface area contributed by atoms with E-state index in [2.05, 4.69) is 0 Å². The van der Waals surface area contributed by atoms with Crippen molar-refractivity contribution in [2.24, 2.45) is 0 Å². The van der Waals surface area contributed by atoms with Gasteiger partial charge in [0.05, 0.1) is 12.1 Å². The van der Waals surface area contributed by atoms with Crippen LogP contribution < -0.4 is 4.90 Å². The summed E-state index contributed by atoms with van der Waals surface area (Å²) in [6.07, 6.45) is 0.0682. The number of phenols is 2. The fraction of sp³-hybridized carbons (Fsp3) is 0.167. The molecule has 4 aromatic rings. The first-order valence-corrected chi connectivity index (χ1v) is 12.9. The number of aliphatic hydroxyl groups is 1. The zero-order chi connectivity index (χ0) is 25.9. The zero-order valence-corrected chi connectivity index (χ0v) is 20.7. The van der Waals surface area contributed by atoms with Gasteiger partial charge in [0.15, 0.2) is 0 Å². The number of benzene rings is 4. The fourth-order valence-electron chi connectivity index (χ4n) is 4.77. The van der Waals surface area contributed by atoms with E-state index in [1.165, 1.54) is 23.9 Å². The Morgan fingerprint density at radius 2 is 1.59 bits per heavy atom. The highest BCUT2D eigenvalue weighted by molar-refractivity contribution is 8.14. The quantitative estimate of drug-likeness (QED) is 0.242. The number of thioether (sulfide) groups is 1. The summed E-state index contributed by atoms with van der Waals surface area (Å²) in [4.78, 5) is 14.9. The highest BCUT2D eigenvalue weighted by Gasteiger charge is 2.43. The minimum atomic E-state index is -0.801. The molecule has 7 heteroatoms. The second kappa shape index (κ2) is 10.7. The van der Waals surface area contributed by atoms with Crippen molar-refractivity contribution in [2.75, 3.05) is 4.90 Å². The number of carbonyl (C=O) groups is 1. The number of halogens is 1. The molecule has 4 aromatic carbocycles. The predicted molar refractivity (Wildman–Crippen MR) is 144 cm³/mol. The summed E-state index contributed by atoms with van der Waals surface area (Å²) in [5, 5.41) is 31.3. The predicted octanol–water partition coefficient (Wildman–Crippen LogP) is 7.20. The minimum absolute atomic E-state index is 0.0474. The van der Waals surface area contributed by atoms with Gasteiger partial charge in [0.1, 0.15) is 17.3 Å². The summed E-state index contributed by atoms with van der Waals surface area (Å²) in [6.45, 7) is 0. The van der Waals surface area contributed by atoms with Crippen molar-refractivity contribution in [1.29, 1.82) is 0 Å². The number of amides is 1. The molecule has 0 spiro atoms.